The van der Waals surface area contributed by atoms with E-state index in [-0.39, 0.29) is 5.91 Å². The summed E-state index contributed by atoms with van der Waals surface area (Å²) >= 11 is 0. The number of benzene rings is 1. The maximum atomic E-state index is 12.2. The summed E-state index contributed by atoms with van der Waals surface area (Å²) in [4.78, 5) is 18.3. The van der Waals surface area contributed by atoms with Crippen LogP contribution in [0.25, 0.3) is 0 Å². The second-order valence-corrected chi connectivity index (χ2v) is 4.65. The first kappa shape index (κ1) is 14.0. The van der Waals surface area contributed by atoms with E-state index in [0.29, 0.717) is 11.5 Å². The molecule has 1 aromatic heterocycles. The van der Waals surface area contributed by atoms with Crippen LogP contribution in [0.15, 0.2) is 48.7 Å². The molecule has 0 spiro atoms. The predicted octanol–water partition coefficient (Wildman–Crippen LogP) is 1.79. The monoisotopic (exact) mass is 270 g/mol. The van der Waals surface area contributed by atoms with Gasteiger partial charge < -0.3 is 16.0 Å². The minimum atomic E-state index is -0.702. The molecule has 0 aliphatic rings. The van der Waals surface area contributed by atoms with Gasteiger partial charge in [0.25, 0.3) is 0 Å². The van der Waals surface area contributed by atoms with Crippen molar-refractivity contribution >= 4 is 17.4 Å². The van der Waals surface area contributed by atoms with E-state index in [0.717, 1.165) is 5.56 Å². The highest BCUT2D eigenvalue weighted by Crippen LogP contribution is 2.21. The van der Waals surface area contributed by atoms with Gasteiger partial charge in [-0.15, -0.1) is 0 Å². The molecule has 0 aliphatic carbocycles. The fraction of sp³-hybridized carbons (Fsp3) is 0.200. The van der Waals surface area contributed by atoms with Crippen molar-refractivity contribution in [2.45, 2.75) is 6.04 Å². The fourth-order valence-corrected chi connectivity index (χ4v) is 1.87. The molecular weight excluding hydrogens is 252 g/mol. The molecule has 0 aliphatic heterocycles. The van der Waals surface area contributed by atoms with Gasteiger partial charge in [0.05, 0.1) is 5.69 Å². The SMILES string of the molecule is CN(C)c1ncccc1NC(=O)C(N)c1ccccc1. The van der Waals surface area contributed by atoms with Crippen LogP contribution >= 0.6 is 0 Å². The molecular formula is C15H18N4O. The summed E-state index contributed by atoms with van der Waals surface area (Å²) < 4.78 is 0. The number of anilines is 2. The molecule has 1 unspecified atom stereocenters. The Kier molecular flexibility index (Phi) is 4.32. The lowest BCUT2D eigenvalue weighted by atomic mass is 10.1. The van der Waals surface area contributed by atoms with Crippen molar-refractivity contribution in [1.29, 1.82) is 0 Å². The molecule has 104 valence electrons. The zero-order valence-electron chi connectivity index (χ0n) is 11.6. The minimum Gasteiger partial charge on any atom is -0.361 e. The van der Waals surface area contributed by atoms with E-state index in [1.807, 2.05) is 49.3 Å². The number of rotatable bonds is 4. The Morgan fingerprint density at radius 2 is 1.90 bits per heavy atom. The summed E-state index contributed by atoms with van der Waals surface area (Å²) in [5, 5.41) is 2.82. The Bertz CT molecular complexity index is 583. The Labute approximate surface area is 118 Å². The number of nitrogens with one attached hydrogen (secondary N) is 1. The van der Waals surface area contributed by atoms with Gasteiger partial charge in [-0.3, -0.25) is 4.79 Å². The van der Waals surface area contributed by atoms with Crippen LogP contribution < -0.4 is 16.0 Å². The Morgan fingerprint density at radius 3 is 2.55 bits per heavy atom. The highest BCUT2D eigenvalue weighted by atomic mass is 16.2. The average molecular weight is 270 g/mol. The van der Waals surface area contributed by atoms with E-state index < -0.39 is 6.04 Å². The van der Waals surface area contributed by atoms with E-state index in [2.05, 4.69) is 10.3 Å². The lowest BCUT2D eigenvalue weighted by molar-refractivity contribution is -0.117. The molecule has 5 heteroatoms. The van der Waals surface area contributed by atoms with Gasteiger partial charge >= 0.3 is 0 Å². The standard InChI is InChI=1S/C15H18N4O/c1-19(2)14-12(9-6-10-17-14)18-15(20)13(16)11-7-4-3-5-8-11/h3-10,13H,16H2,1-2H3,(H,18,20). The van der Waals surface area contributed by atoms with Crippen LogP contribution in [-0.4, -0.2) is 25.0 Å². The first-order valence-corrected chi connectivity index (χ1v) is 6.33. The van der Waals surface area contributed by atoms with Crippen LogP contribution in [0.2, 0.25) is 0 Å². The second-order valence-electron chi connectivity index (χ2n) is 4.65. The normalized spacial score (nSPS) is 11.8. The Morgan fingerprint density at radius 1 is 1.20 bits per heavy atom. The van der Waals surface area contributed by atoms with Gasteiger partial charge in [0.1, 0.15) is 6.04 Å². The van der Waals surface area contributed by atoms with Gasteiger partial charge in [0.2, 0.25) is 5.91 Å². The molecule has 0 saturated heterocycles. The third-order valence-corrected chi connectivity index (χ3v) is 2.91. The van der Waals surface area contributed by atoms with Gasteiger partial charge in [0.15, 0.2) is 5.82 Å². The molecule has 3 N–H and O–H groups in total. The van der Waals surface area contributed by atoms with Gasteiger partial charge in [-0.25, -0.2) is 4.98 Å². The number of pyridine rings is 1. The third-order valence-electron chi connectivity index (χ3n) is 2.91. The summed E-state index contributed by atoms with van der Waals surface area (Å²) in [7, 11) is 3.74. The zero-order chi connectivity index (χ0) is 14.5. The summed E-state index contributed by atoms with van der Waals surface area (Å²) in [5.74, 6) is 0.438. The van der Waals surface area contributed by atoms with Crippen molar-refractivity contribution in [2.75, 3.05) is 24.3 Å². The van der Waals surface area contributed by atoms with Gasteiger partial charge in [-0.1, -0.05) is 30.3 Å². The van der Waals surface area contributed by atoms with Crippen molar-refractivity contribution in [3.8, 4) is 0 Å². The summed E-state index contributed by atoms with van der Waals surface area (Å²) in [6.07, 6.45) is 1.68. The van der Waals surface area contributed by atoms with Gasteiger partial charge in [-0.05, 0) is 17.7 Å². The summed E-state index contributed by atoms with van der Waals surface area (Å²) in [5.41, 5.74) is 7.39. The predicted molar refractivity (Wildman–Crippen MR) is 80.6 cm³/mol. The molecule has 1 amide bonds. The van der Waals surface area contributed by atoms with Crippen LogP contribution in [0, 0.1) is 0 Å². The molecule has 0 bridgehead atoms. The molecule has 0 radical (unpaired) electrons. The van der Waals surface area contributed by atoms with Gasteiger partial charge in [0, 0.05) is 20.3 Å². The molecule has 0 saturated carbocycles. The van der Waals surface area contributed by atoms with E-state index in [4.69, 9.17) is 5.73 Å². The first-order valence-electron chi connectivity index (χ1n) is 6.33. The Balaban J connectivity index is 2.16. The molecule has 0 fully saturated rings. The van der Waals surface area contributed by atoms with Crippen LogP contribution in [-0.2, 0) is 4.79 Å². The van der Waals surface area contributed by atoms with Crippen LogP contribution in [0.1, 0.15) is 11.6 Å². The van der Waals surface area contributed by atoms with E-state index in [1.165, 1.54) is 0 Å². The van der Waals surface area contributed by atoms with Crippen molar-refractivity contribution < 1.29 is 4.79 Å². The number of nitrogens with zero attached hydrogens (tertiary/aromatic N) is 2. The number of hydrogen-bond acceptors (Lipinski definition) is 4. The summed E-state index contributed by atoms with van der Waals surface area (Å²) in [6.45, 7) is 0. The first-order chi connectivity index (χ1) is 9.59. The van der Waals surface area contributed by atoms with Gasteiger partial charge in [-0.2, -0.15) is 0 Å². The molecule has 5 nitrogen and oxygen atoms in total. The molecule has 1 atom stereocenters. The molecule has 1 heterocycles. The second kappa shape index (κ2) is 6.16. The highest BCUT2D eigenvalue weighted by molar-refractivity contribution is 5.97. The number of aromatic nitrogens is 1. The molecule has 20 heavy (non-hydrogen) atoms. The van der Waals surface area contributed by atoms with Crippen molar-refractivity contribution in [3.63, 3.8) is 0 Å². The van der Waals surface area contributed by atoms with Crippen LogP contribution in [0.5, 0.6) is 0 Å². The largest absolute Gasteiger partial charge is 0.361 e. The van der Waals surface area contributed by atoms with Crippen LogP contribution in [0.3, 0.4) is 0 Å². The lowest BCUT2D eigenvalue weighted by Crippen LogP contribution is -2.28. The Hall–Kier alpha value is -2.40. The third kappa shape index (κ3) is 3.13. The zero-order valence-corrected chi connectivity index (χ0v) is 11.6. The summed E-state index contributed by atoms with van der Waals surface area (Å²) in [6, 6.07) is 12.1. The maximum absolute atomic E-state index is 12.2. The molecule has 1 aromatic carbocycles. The topological polar surface area (TPSA) is 71.2 Å². The van der Waals surface area contributed by atoms with E-state index in [1.54, 1.807) is 18.3 Å². The van der Waals surface area contributed by atoms with E-state index in [9.17, 15) is 4.79 Å². The number of amides is 1. The van der Waals surface area contributed by atoms with Crippen molar-refractivity contribution in [1.82, 2.24) is 4.98 Å². The quantitative estimate of drug-likeness (QED) is 0.888. The molecule has 2 rings (SSSR count). The number of nitrogens with two attached hydrogens (primary N) is 1. The highest BCUT2D eigenvalue weighted by Gasteiger charge is 2.17. The number of hydrogen-bond donors (Lipinski definition) is 2. The average Bonchev–Trinajstić information content (AvgIpc) is 2.47. The van der Waals surface area contributed by atoms with E-state index >= 15 is 0 Å². The lowest BCUT2D eigenvalue weighted by Gasteiger charge is -2.18. The van der Waals surface area contributed by atoms with Crippen molar-refractivity contribution in [3.05, 3.63) is 54.2 Å². The van der Waals surface area contributed by atoms with Crippen LogP contribution in [0.4, 0.5) is 11.5 Å². The fourth-order valence-electron chi connectivity index (χ4n) is 1.87. The maximum Gasteiger partial charge on any atom is 0.245 e. The molecule has 2 aromatic rings. The number of carbonyl (C=O) groups is 1. The number of carbonyl (C=O) groups excluding carboxylic acids is 1. The smallest absolute Gasteiger partial charge is 0.245 e. The van der Waals surface area contributed by atoms with Crippen molar-refractivity contribution in [2.24, 2.45) is 5.73 Å². The minimum absolute atomic E-state index is 0.257.